The van der Waals surface area contributed by atoms with Gasteiger partial charge in [0.2, 0.25) is 0 Å². The molecule has 0 radical (unpaired) electrons. The van der Waals surface area contributed by atoms with Crippen LogP contribution in [0, 0.1) is 0 Å². The molecule has 0 aromatic carbocycles. The predicted molar refractivity (Wildman–Crippen MR) is 87.6 cm³/mol. The monoisotopic (exact) mass is 306 g/mol. The van der Waals surface area contributed by atoms with E-state index in [2.05, 4.69) is 21.1 Å². The molecule has 2 heterocycles. The van der Waals surface area contributed by atoms with Crippen molar-refractivity contribution in [3.63, 3.8) is 0 Å². The minimum atomic E-state index is 0.300. The van der Waals surface area contributed by atoms with Gasteiger partial charge >= 0.3 is 0 Å². The first-order valence-electron chi connectivity index (χ1n) is 8.83. The SMILES string of the molecule is Cn1cc(CN2CCN(C3CCCCC3)C(CCO)C2)cn1. The Morgan fingerprint density at radius 2 is 2.05 bits per heavy atom. The molecular weight excluding hydrogens is 276 g/mol. The van der Waals surface area contributed by atoms with Crippen LogP contribution < -0.4 is 0 Å². The van der Waals surface area contributed by atoms with E-state index < -0.39 is 0 Å². The summed E-state index contributed by atoms with van der Waals surface area (Å²) in [6.07, 6.45) is 11.8. The molecule has 124 valence electrons. The van der Waals surface area contributed by atoms with Gasteiger partial charge in [0.1, 0.15) is 0 Å². The molecule has 5 nitrogen and oxygen atoms in total. The molecule has 22 heavy (non-hydrogen) atoms. The normalized spacial score (nSPS) is 25.6. The minimum Gasteiger partial charge on any atom is -0.396 e. The number of hydrogen-bond acceptors (Lipinski definition) is 4. The second-order valence-electron chi connectivity index (χ2n) is 6.95. The van der Waals surface area contributed by atoms with Gasteiger partial charge in [0.25, 0.3) is 0 Å². The number of piperazine rings is 1. The Balaban J connectivity index is 1.59. The van der Waals surface area contributed by atoms with Crippen molar-refractivity contribution in [2.24, 2.45) is 7.05 Å². The van der Waals surface area contributed by atoms with E-state index >= 15 is 0 Å². The van der Waals surface area contributed by atoms with Crippen LogP contribution in [-0.4, -0.2) is 63.0 Å². The maximum Gasteiger partial charge on any atom is 0.0534 e. The van der Waals surface area contributed by atoms with Gasteiger partial charge in [-0.3, -0.25) is 14.5 Å². The fraction of sp³-hybridized carbons (Fsp3) is 0.824. The molecular formula is C17H30N4O. The lowest BCUT2D eigenvalue weighted by atomic mass is 9.92. The van der Waals surface area contributed by atoms with E-state index in [0.717, 1.165) is 38.6 Å². The van der Waals surface area contributed by atoms with Crippen LogP contribution in [0.15, 0.2) is 12.4 Å². The highest BCUT2D eigenvalue weighted by molar-refractivity contribution is 5.04. The molecule has 1 N–H and O–H groups in total. The molecule has 0 spiro atoms. The van der Waals surface area contributed by atoms with Crippen LogP contribution in [0.2, 0.25) is 0 Å². The summed E-state index contributed by atoms with van der Waals surface area (Å²) in [7, 11) is 1.97. The Morgan fingerprint density at radius 3 is 2.73 bits per heavy atom. The zero-order valence-electron chi connectivity index (χ0n) is 13.8. The molecule has 2 aliphatic rings. The minimum absolute atomic E-state index is 0.300. The van der Waals surface area contributed by atoms with E-state index in [9.17, 15) is 5.11 Å². The van der Waals surface area contributed by atoms with E-state index in [1.165, 1.54) is 37.7 Å². The van der Waals surface area contributed by atoms with E-state index in [4.69, 9.17) is 0 Å². The summed E-state index contributed by atoms with van der Waals surface area (Å²) in [6.45, 7) is 4.64. The number of nitrogens with zero attached hydrogens (tertiary/aromatic N) is 4. The number of rotatable bonds is 5. The Bertz CT molecular complexity index is 455. The molecule has 1 saturated carbocycles. The highest BCUT2D eigenvalue weighted by Gasteiger charge is 2.32. The molecule has 0 bridgehead atoms. The quantitative estimate of drug-likeness (QED) is 0.898. The Labute approximate surface area is 133 Å². The molecule has 3 rings (SSSR count). The molecule has 2 fully saturated rings. The van der Waals surface area contributed by atoms with E-state index in [-0.39, 0.29) is 0 Å². The van der Waals surface area contributed by atoms with Crippen LogP contribution in [0.1, 0.15) is 44.1 Å². The lowest BCUT2D eigenvalue weighted by Crippen LogP contribution is -2.56. The maximum absolute atomic E-state index is 9.46. The number of aliphatic hydroxyl groups excluding tert-OH is 1. The van der Waals surface area contributed by atoms with Gasteiger partial charge in [-0.25, -0.2) is 0 Å². The molecule has 1 aliphatic heterocycles. The third-order valence-electron chi connectivity index (χ3n) is 5.28. The Kier molecular flexibility index (Phi) is 5.50. The fourth-order valence-electron chi connectivity index (χ4n) is 4.19. The van der Waals surface area contributed by atoms with Crippen LogP contribution in [0.25, 0.3) is 0 Å². The zero-order chi connectivity index (χ0) is 15.4. The van der Waals surface area contributed by atoms with E-state index in [1.807, 2.05) is 17.9 Å². The van der Waals surface area contributed by atoms with Gasteiger partial charge in [-0.1, -0.05) is 19.3 Å². The molecule has 1 aromatic heterocycles. The Morgan fingerprint density at radius 1 is 1.23 bits per heavy atom. The molecule has 5 heteroatoms. The Hall–Kier alpha value is -0.910. The summed E-state index contributed by atoms with van der Waals surface area (Å²) in [5.41, 5.74) is 1.29. The van der Waals surface area contributed by atoms with Crippen molar-refractivity contribution < 1.29 is 5.11 Å². The number of hydrogen-bond donors (Lipinski definition) is 1. The van der Waals surface area contributed by atoms with Gasteiger partial charge in [-0.05, 0) is 19.3 Å². The van der Waals surface area contributed by atoms with Crippen LogP contribution in [0.5, 0.6) is 0 Å². The van der Waals surface area contributed by atoms with Gasteiger partial charge in [-0.2, -0.15) is 5.10 Å². The van der Waals surface area contributed by atoms with Crippen molar-refractivity contribution >= 4 is 0 Å². The summed E-state index contributed by atoms with van der Waals surface area (Å²) in [5, 5.41) is 13.7. The van der Waals surface area contributed by atoms with Gasteiger partial charge in [0.15, 0.2) is 0 Å². The van der Waals surface area contributed by atoms with Crippen molar-refractivity contribution in [1.82, 2.24) is 19.6 Å². The smallest absolute Gasteiger partial charge is 0.0534 e. The van der Waals surface area contributed by atoms with Gasteiger partial charge < -0.3 is 5.11 Å². The fourth-order valence-corrected chi connectivity index (χ4v) is 4.19. The standard InChI is InChI=1S/C17H30N4O/c1-19-12-15(11-18-19)13-20-8-9-21(17(14-20)7-10-22)16-5-3-2-4-6-16/h11-12,16-17,22H,2-10,13-14H2,1H3. The van der Waals surface area contributed by atoms with Crippen LogP contribution in [0.4, 0.5) is 0 Å². The summed E-state index contributed by atoms with van der Waals surface area (Å²) in [4.78, 5) is 5.23. The highest BCUT2D eigenvalue weighted by atomic mass is 16.3. The second-order valence-corrected chi connectivity index (χ2v) is 6.95. The van der Waals surface area contributed by atoms with Crippen LogP contribution in [-0.2, 0) is 13.6 Å². The average molecular weight is 306 g/mol. The van der Waals surface area contributed by atoms with E-state index in [0.29, 0.717) is 12.6 Å². The first kappa shape index (κ1) is 16.0. The third-order valence-corrected chi connectivity index (χ3v) is 5.28. The summed E-state index contributed by atoms with van der Waals surface area (Å²) in [5.74, 6) is 0. The third kappa shape index (κ3) is 3.89. The molecule has 1 aliphatic carbocycles. The first-order chi connectivity index (χ1) is 10.8. The number of aromatic nitrogens is 2. The van der Waals surface area contributed by atoms with Gasteiger partial charge in [0.05, 0.1) is 6.20 Å². The maximum atomic E-state index is 9.46. The molecule has 1 aromatic rings. The molecule has 1 saturated heterocycles. The number of aryl methyl sites for hydroxylation is 1. The lowest BCUT2D eigenvalue weighted by Gasteiger charge is -2.46. The summed E-state index contributed by atoms with van der Waals surface area (Å²) < 4.78 is 1.87. The molecule has 1 atom stereocenters. The van der Waals surface area contributed by atoms with Crippen LogP contribution >= 0.6 is 0 Å². The van der Waals surface area contributed by atoms with Crippen molar-refractivity contribution in [3.8, 4) is 0 Å². The van der Waals surface area contributed by atoms with Crippen molar-refractivity contribution in [3.05, 3.63) is 18.0 Å². The largest absolute Gasteiger partial charge is 0.396 e. The zero-order valence-corrected chi connectivity index (χ0v) is 13.8. The summed E-state index contributed by atoms with van der Waals surface area (Å²) in [6, 6.07) is 1.27. The van der Waals surface area contributed by atoms with Gasteiger partial charge in [0, 0.05) is 63.7 Å². The van der Waals surface area contributed by atoms with Crippen molar-refractivity contribution in [2.45, 2.75) is 57.2 Å². The first-order valence-corrected chi connectivity index (χ1v) is 8.83. The van der Waals surface area contributed by atoms with E-state index in [1.54, 1.807) is 0 Å². The molecule has 0 amide bonds. The van der Waals surface area contributed by atoms with Gasteiger partial charge in [-0.15, -0.1) is 0 Å². The second kappa shape index (κ2) is 7.57. The van der Waals surface area contributed by atoms with Crippen LogP contribution in [0.3, 0.4) is 0 Å². The highest BCUT2D eigenvalue weighted by Crippen LogP contribution is 2.27. The lowest BCUT2D eigenvalue weighted by molar-refractivity contribution is 0.0137. The van der Waals surface area contributed by atoms with Crippen molar-refractivity contribution in [2.75, 3.05) is 26.2 Å². The number of aliphatic hydroxyl groups is 1. The summed E-state index contributed by atoms with van der Waals surface area (Å²) >= 11 is 0. The van der Waals surface area contributed by atoms with Crippen molar-refractivity contribution in [1.29, 1.82) is 0 Å². The average Bonchev–Trinajstić information content (AvgIpc) is 2.94. The molecule has 1 unspecified atom stereocenters. The topological polar surface area (TPSA) is 44.5 Å². The predicted octanol–water partition coefficient (Wildman–Crippen LogP) is 1.62.